The summed E-state index contributed by atoms with van der Waals surface area (Å²) >= 11 is 0. The number of likely N-dealkylation sites (tertiary alicyclic amines) is 1. The van der Waals surface area contributed by atoms with E-state index in [4.69, 9.17) is 4.74 Å². The first kappa shape index (κ1) is 25.9. The van der Waals surface area contributed by atoms with Gasteiger partial charge < -0.3 is 14.5 Å². The van der Waals surface area contributed by atoms with E-state index in [1.807, 2.05) is 7.05 Å². The number of hydrogen-bond acceptors (Lipinski definition) is 6. The van der Waals surface area contributed by atoms with Gasteiger partial charge in [-0.2, -0.15) is 0 Å². The summed E-state index contributed by atoms with van der Waals surface area (Å²) in [5.74, 6) is 0.106. The third-order valence-electron chi connectivity index (χ3n) is 7.41. The monoisotopic (exact) mass is 509 g/mol. The highest BCUT2D eigenvalue weighted by atomic mass is 32.2. The van der Waals surface area contributed by atoms with Crippen LogP contribution in [0.2, 0.25) is 0 Å². The molecule has 1 aromatic carbocycles. The van der Waals surface area contributed by atoms with E-state index in [0.29, 0.717) is 51.2 Å². The van der Waals surface area contributed by atoms with Gasteiger partial charge in [-0.1, -0.05) is 12.5 Å². The van der Waals surface area contributed by atoms with Crippen molar-refractivity contribution in [3.63, 3.8) is 0 Å². The zero-order valence-electron chi connectivity index (χ0n) is 20.4. The maximum Gasteiger partial charge on any atom is 0.324 e. The number of nitrogens with zero attached hydrogens (tertiary/aromatic N) is 2. The highest BCUT2D eigenvalue weighted by molar-refractivity contribution is 7.91. The van der Waals surface area contributed by atoms with Crippen LogP contribution in [0.3, 0.4) is 0 Å². The van der Waals surface area contributed by atoms with Crippen molar-refractivity contribution in [2.75, 3.05) is 51.3 Å². The second kappa shape index (κ2) is 10.8. The van der Waals surface area contributed by atoms with E-state index in [1.165, 1.54) is 11.0 Å². The molecule has 1 aromatic rings. The van der Waals surface area contributed by atoms with Gasteiger partial charge in [0.1, 0.15) is 6.54 Å². The zero-order chi connectivity index (χ0) is 25.1. The molecule has 194 valence electrons. The van der Waals surface area contributed by atoms with Crippen LogP contribution in [0.1, 0.15) is 50.5 Å². The van der Waals surface area contributed by atoms with Crippen LogP contribution in [0.15, 0.2) is 18.2 Å². The van der Waals surface area contributed by atoms with Gasteiger partial charge in [-0.3, -0.25) is 10.1 Å². The number of piperidine rings is 1. The minimum Gasteiger partial charge on any atom is -0.490 e. The lowest BCUT2D eigenvalue weighted by molar-refractivity contribution is -0.118. The largest absolute Gasteiger partial charge is 0.490 e. The van der Waals surface area contributed by atoms with E-state index in [-0.39, 0.29) is 35.7 Å². The second-order valence-corrected chi connectivity index (χ2v) is 12.6. The van der Waals surface area contributed by atoms with E-state index in [1.54, 1.807) is 12.1 Å². The Morgan fingerprint density at radius 2 is 1.89 bits per heavy atom. The van der Waals surface area contributed by atoms with Gasteiger partial charge in [0.15, 0.2) is 21.4 Å². The summed E-state index contributed by atoms with van der Waals surface area (Å²) in [6.07, 6.45) is 5.40. The van der Waals surface area contributed by atoms with Crippen LogP contribution in [-0.4, -0.2) is 81.5 Å². The van der Waals surface area contributed by atoms with E-state index in [2.05, 4.69) is 10.2 Å². The average molecular weight is 510 g/mol. The van der Waals surface area contributed by atoms with Crippen LogP contribution in [0.5, 0.6) is 5.75 Å². The first-order chi connectivity index (χ1) is 16.7. The van der Waals surface area contributed by atoms with Crippen molar-refractivity contribution < 1.29 is 27.1 Å². The molecule has 2 saturated heterocycles. The number of sulfone groups is 1. The number of ether oxygens (including phenoxy) is 1. The van der Waals surface area contributed by atoms with Gasteiger partial charge in [-0.25, -0.2) is 17.6 Å². The molecule has 10 heteroatoms. The van der Waals surface area contributed by atoms with Crippen LogP contribution in [0.4, 0.5) is 9.18 Å². The van der Waals surface area contributed by atoms with E-state index in [9.17, 15) is 22.4 Å². The van der Waals surface area contributed by atoms with Crippen LogP contribution >= 0.6 is 0 Å². The summed E-state index contributed by atoms with van der Waals surface area (Å²) < 4.78 is 46.6. The Labute approximate surface area is 207 Å². The number of rotatable bonds is 12. The topological polar surface area (TPSA) is 96.0 Å². The number of hydrogen-bond donors (Lipinski definition) is 1. The van der Waals surface area contributed by atoms with Gasteiger partial charge >= 0.3 is 6.03 Å². The quantitative estimate of drug-likeness (QED) is 0.344. The molecule has 0 radical (unpaired) electrons. The van der Waals surface area contributed by atoms with Crippen molar-refractivity contribution in [2.24, 2.45) is 5.92 Å². The molecule has 3 aliphatic rings. The van der Waals surface area contributed by atoms with Gasteiger partial charge in [0, 0.05) is 12.0 Å². The standard InChI is InChI=1S/C25H36FN3O5S/c1-28-12-9-25(10-13-28,20-7-8-21(26)22(15-20)34-17-19-5-6-19)18-35(32,33)14-4-2-3-11-29-16-23(30)27-24(29)31/h7-8,15,19H,2-6,9-14,16-18H2,1H3,(H,27,30,31). The van der Waals surface area contributed by atoms with Gasteiger partial charge in [0.25, 0.3) is 0 Å². The molecule has 0 spiro atoms. The number of carbonyl (C=O) groups excluding carboxylic acids is 2. The lowest BCUT2D eigenvalue weighted by Gasteiger charge is -2.41. The Kier molecular flexibility index (Phi) is 8.00. The van der Waals surface area contributed by atoms with Crippen LogP contribution in [0, 0.1) is 11.7 Å². The molecule has 1 N–H and O–H groups in total. The van der Waals surface area contributed by atoms with E-state index < -0.39 is 21.1 Å². The fourth-order valence-corrected chi connectivity index (χ4v) is 7.04. The molecule has 0 bridgehead atoms. The lowest BCUT2D eigenvalue weighted by atomic mass is 9.74. The van der Waals surface area contributed by atoms with E-state index >= 15 is 0 Å². The Morgan fingerprint density at radius 1 is 1.14 bits per heavy atom. The molecule has 1 saturated carbocycles. The van der Waals surface area contributed by atoms with Crippen LogP contribution < -0.4 is 10.1 Å². The number of amides is 3. The SMILES string of the molecule is CN1CCC(CS(=O)(=O)CCCCCN2CC(=O)NC2=O)(c2ccc(F)c(OCC3CC3)c2)CC1. The minimum atomic E-state index is -3.36. The Morgan fingerprint density at radius 3 is 2.54 bits per heavy atom. The Hall–Kier alpha value is -2.20. The highest BCUT2D eigenvalue weighted by Gasteiger charge is 2.40. The summed E-state index contributed by atoms with van der Waals surface area (Å²) in [5.41, 5.74) is 0.274. The molecule has 1 aliphatic carbocycles. The maximum absolute atomic E-state index is 14.4. The zero-order valence-corrected chi connectivity index (χ0v) is 21.2. The maximum atomic E-state index is 14.4. The van der Waals surface area contributed by atoms with Crippen molar-refractivity contribution in [3.8, 4) is 5.75 Å². The van der Waals surface area contributed by atoms with Crippen molar-refractivity contribution >= 4 is 21.8 Å². The summed E-state index contributed by atoms with van der Waals surface area (Å²) in [6.45, 7) is 2.57. The van der Waals surface area contributed by atoms with E-state index in [0.717, 1.165) is 31.5 Å². The molecule has 2 heterocycles. The minimum absolute atomic E-state index is 0.0323. The number of halogens is 1. The molecule has 2 aliphatic heterocycles. The van der Waals surface area contributed by atoms with Crippen molar-refractivity contribution in [2.45, 2.75) is 50.4 Å². The second-order valence-electron chi connectivity index (χ2n) is 10.4. The molecule has 8 nitrogen and oxygen atoms in total. The molecular formula is C25H36FN3O5S. The lowest BCUT2D eigenvalue weighted by Crippen LogP contribution is -2.45. The number of urea groups is 1. The highest BCUT2D eigenvalue weighted by Crippen LogP contribution is 2.39. The molecule has 3 amide bonds. The predicted octanol–water partition coefficient (Wildman–Crippen LogP) is 2.71. The first-order valence-corrected chi connectivity index (χ1v) is 14.4. The number of nitrogens with one attached hydrogen (secondary N) is 1. The number of imide groups is 1. The van der Waals surface area contributed by atoms with Gasteiger partial charge in [-0.15, -0.1) is 0 Å². The molecule has 4 rings (SSSR count). The average Bonchev–Trinajstić information content (AvgIpc) is 3.57. The molecule has 0 atom stereocenters. The van der Waals surface area contributed by atoms with Gasteiger partial charge in [0.2, 0.25) is 5.91 Å². The molecule has 0 aromatic heterocycles. The fraction of sp³-hybridized carbons (Fsp3) is 0.680. The first-order valence-electron chi connectivity index (χ1n) is 12.6. The number of unbranched alkanes of at least 4 members (excludes halogenated alkanes) is 2. The predicted molar refractivity (Wildman–Crippen MR) is 131 cm³/mol. The van der Waals surface area contributed by atoms with Gasteiger partial charge in [0.05, 0.1) is 18.1 Å². The summed E-state index contributed by atoms with van der Waals surface area (Å²) in [6, 6.07) is 4.47. The van der Waals surface area contributed by atoms with Gasteiger partial charge in [-0.05, 0) is 82.3 Å². The molecule has 35 heavy (non-hydrogen) atoms. The van der Waals surface area contributed by atoms with Crippen molar-refractivity contribution in [3.05, 3.63) is 29.6 Å². The molecule has 0 unspecified atom stereocenters. The van der Waals surface area contributed by atoms with Crippen molar-refractivity contribution in [1.29, 1.82) is 0 Å². The molecular weight excluding hydrogens is 473 g/mol. The Bertz CT molecular complexity index is 1040. The smallest absolute Gasteiger partial charge is 0.324 e. The number of carbonyl (C=O) groups is 2. The fourth-order valence-electron chi connectivity index (χ4n) is 4.96. The summed E-state index contributed by atoms with van der Waals surface area (Å²) in [4.78, 5) is 26.5. The number of benzene rings is 1. The Balaban J connectivity index is 1.37. The third kappa shape index (κ3) is 6.94. The summed E-state index contributed by atoms with van der Waals surface area (Å²) in [5, 5.41) is 2.24. The molecule has 3 fully saturated rings. The van der Waals surface area contributed by atoms with Crippen LogP contribution in [0.25, 0.3) is 0 Å². The van der Waals surface area contributed by atoms with Crippen molar-refractivity contribution in [1.82, 2.24) is 15.1 Å². The third-order valence-corrected chi connectivity index (χ3v) is 9.31. The normalized spacial score (nSPS) is 20.8. The summed E-state index contributed by atoms with van der Waals surface area (Å²) in [7, 11) is -1.33. The van der Waals surface area contributed by atoms with Crippen LogP contribution in [-0.2, 0) is 20.0 Å².